The zero-order chi connectivity index (χ0) is 18.1. The first-order valence-corrected chi connectivity index (χ1v) is 7.79. The van der Waals surface area contributed by atoms with E-state index in [-0.39, 0.29) is 12.4 Å². The van der Waals surface area contributed by atoms with Crippen LogP contribution in [0.3, 0.4) is 0 Å². The summed E-state index contributed by atoms with van der Waals surface area (Å²) in [6.07, 6.45) is 2.93. The summed E-state index contributed by atoms with van der Waals surface area (Å²) in [5.41, 5.74) is 0.583. The molecule has 0 radical (unpaired) electrons. The maximum absolute atomic E-state index is 12.7. The number of ether oxygens (including phenoxy) is 1. The van der Waals surface area contributed by atoms with Gasteiger partial charge in [-0.15, -0.1) is 0 Å². The van der Waals surface area contributed by atoms with Crippen molar-refractivity contribution in [3.63, 3.8) is 0 Å². The number of halogens is 3. The summed E-state index contributed by atoms with van der Waals surface area (Å²) in [5.74, 6) is 0.620. The molecule has 8 heteroatoms. The van der Waals surface area contributed by atoms with Crippen molar-refractivity contribution >= 4 is 11.0 Å². The molecule has 0 aromatic carbocycles. The molecular weight excluding hydrogens is 345 g/mol. The van der Waals surface area contributed by atoms with E-state index in [1.807, 2.05) is 35.0 Å². The minimum Gasteiger partial charge on any atom is -0.440 e. The summed E-state index contributed by atoms with van der Waals surface area (Å²) in [5, 5.41) is 3.27. The predicted molar refractivity (Wildman–Crippen MR) is 89.7 cm³/mol. The van der Waals surface area contributed by atoms with E-state index in [2.05, 4.69) is 15.3 Å². The Morgan fingerprint density at radius 1 is 1.04 bits per heavy atom. The second-order valence-corrected chi connectivity index (χ2v) is 5.60. The molecule has 0 unspecified atom stereocenters. The fourth-order valence-electron chi connectivity index (χ4n) is 2.67. The smallest absolute Gasteiger partial charge is 0.430 e. The van der Waals surface area contributed by atoms with Crippen LogP contribution in [0.1, 0.15) is 0 Å². The van der Waals surface area contributed by atoms with Gasteiger partial charge in [-0.05, 0) is 42.5 Å². The lowest BCUT2D eigenvalue weighted by Crippen LogP contribution is -2.31. The Kier molecular flexibility index (Phi) is 3.87. The summed E-state index contributed by atoms with van der Waals surface area (Å²) in [7, 11) is 0. The molecule has 3 aromatic heterocycles. The Morgan fingerprint density at radius 3 is 2.62 bits per heavy atom. The van der Waals surface area contributed by atoms with Crippen molar-refractivity contribution in [3.8, 4) is 11.6 Å². The molecule has 4 heterocycles. The molecule has 0 atom stereocenters. The summed E-state index contributed by atoms with van der Waals surface area (Å²) < 4.78 is 45.6. The number of nitrogens with zero attached hydrogens (tertiary/aromatic N) is 3. The Hall–Kier alpha value is -3.29. The van der Waals surface area contributed by atoms with Crippen molar-refractivity contribution in [2.45, 2.75) is 6.18 Å². The monoisotopic (exact) mass is 358 g/mol. The van der Waals surface area contributed by atoms with E-state index >= 15 is 0 Å². The van der Waals surface area contributed by atoms with E-state index in [4.69, 9.17) is 4.74 Å². The van der Waals surface area contributed by atoms with Crippen LogP contribution in [0.25, 0.3) is 16.7 Å². The highest BCUT2D eigenvalue weighted by molar-refractivity contribution is 5.78. The number of hydrogen-bond donors (Lipinski definition) is 1. The number of allylic oxidation sites excluding steroid dienone is 3. The molecule has 0 aliphatic carbocycles. The van der Waals surface area contributed by atoms with E-state index in [1.54, 1.807) is 18.5 Å². The summed E-state index contributed by atoms with van der Waals surface area (Å²) >= 11 is 0. The summed E-state index contributed by atoms with van der Waals surface area (Å²) in [6.45, 7) is -0.0773. The van der Waals surface area contributed by atoms with Gasteiger partial charge < -0.3 is 10.1 Å². The van der Waals surface area contributed by atoms with Crippen LogP contribution < -0.4 is 10.1 Å². The van der Waals surface area contributed by atoms with Crippen LogP contribution in [-0.2, 0) is 0 Å². The average Bonchev–Trinajstić information content (AvgIpc) is 3.06. The van der Waals surface area contributed by atoms with Gasteiger partial charge in [0.25, 0.3) is 0 Å². The largest absolute Gasteiger partial charge is 0.440 e. The second-order valence-electron chi connectivity index (χ2n) is 5.60. The van der Waals surface area contributed by atoms with Gasteiger partial charge in [0.05, 0.1) is 6.54 Å². The van der Waals surface area contributed by atoms with Gasteiger partial charge in [-0.25, -0.2) is 9.97 Å². The van der Waals surface area contributed by atoms with Crippen LogP contribution in [0.5, 0.6) is 5.88 Å². The van der Waals surface area contributed by atoms with Gasteiger partial charge in [0, 0.05) is 24.0 Å². The molecule has 0 amide bonds. The number of hydrogen-bond acceptors (Lipinski definition) is 4. The standard InChI is InChI=1S/C18H13F3N4O/c19-18(20,21)15-6-5-13(11-24-15)26-17-14(4-2-9-23-17)25-10-7-12-3-1-8-22-16(12)25/h1-10,24H,11H2. The molecule has 1 N–H and O–H groups in total. The Balaban J connectivity index is 1.68. The van der Waals surface area contributed by atoms with Crippen LogP contribution in [0.2, 0.25) is 0 Å². The molecule has 132 valence electrons. The van der Waals surface area contributed by atoms with Gasteiger partial charge in [0.2, 0.25) is 5.88 Å². The van der Waals surface area contributed by atoms with Gasteiger partial charge >= 0.3 is 6.18 Å². The quantitative estimate of drug-likeness (QED) is 0.775. The number of pyridine rings is 2. The van der Waals surface area contributed by atoms with Crippen molar-refractivity contribution < 1.29 is 17.9 Å². The third-order valence-electron chi connectivity index (χ3n) is 3.88. The number of aromatic nitrogens is 3. The molecule has 3 aromatic rings. The van der Waals surface area contributed by atoms with Crippen LogP contribution in [-0.4, -0.2) is 27.3 Å². The molecule has 4 rings (SSSR count). The second kappa shape index (κ2) is 6.21. The predicted octanol–water partition coefficient (Wildman–Crippen LogP) is 3.73. The molecule has 5 nitrogen and oxygen atoms in total. The van der Waals surface area contributed by atoms with Gasteiger partial charge in [-0.2, -0.15) is 13.2 Å². The zero-order valence-electron chi connectivity index (χ0n) is 13.4. The molecule has 0 saturated carbocycles. The molecule has 26 heavy (non-hydrogen) atoms. The summed E-state index contributed by atoms with van der Waals surface area (Å²) in [6, 6.07) is 9.26. The van der Waals surface area contributed by atoms with Crippen LogP contribution in [0, 0.1) is 0 Å². The summed E-state index contributed by atoms with van der Waals surface area (Å²) in [4.78, 5) is 8.58. The molecule has 0 spiro atoms. The van der Waals surface area contributed by atoms with Crippen LogP contribution >= 0.6 is 0 Å². The molecule has 0 saturated heterocycles. The fourth-order valence-corrected chi connectivity index (χ4v) is 2.67. The van der Waals surface area contributed by atoms with Crippen molar-refractivity contribution in [3.05, 3.63) is 72.5 Å². The lowest BCUT2D eigenvalue weighted by Gasteiger charge is -2.20. The van der Waals surface area contributed by atoms with Crippen molar-refractivity contribution in [1.29, 1.82) is 0 Å². The van der Waals surface area contributed by atoms with Gasteiger partial charge in [-0.1, -0.05) is 0 Å². The fraction of sp³-hybridized carbons (Fsp3) is 0.111. The van der Waals surface area contributed by atoms with Crippen molar-refractivity contribution in [2.75, 3.05) is 6.54 Å². The number of nitrogens with one attached hydrogen (secondary N) is 1. The first-order valence-electron chi connectivity index (χ1n) is 7.79. The van der Waals surface area contributed by atoms with Crippen molar-refractivity contribution in [2.24, 2.45) is 0 Å². The van der Waals surface area contributed by atoms with E-state index in [0.29, 0.717) is 11.4 Å². The Morgan fingerprint density at radius 2 is 1.85 bits per heavy atom. The highest BCUT2D eigenvalue weighted by Gasteiger charge is 2.34. The molecule has 1 aliphatic heterocycles. The molecule has 0 bridgehead atoms. The van der Waals surface area contributed by atoms with Gasteiger partial charge in [-0.3, -0.25) is 4.57 Å². The number of dihydropyridines is 1. The van der Waals surface area contributed by atoms with E-state index in [9.17, 15) is 13.2 Å². The minimum atomic E-state index is -4.41. The highest BCUT2D eigenvalue weighted by Crippen LogP contribution is 2.28. The average molecular weight is 358 g/mol. The van der Waals surface area contributed by atoms with E-state index in [0.717, 1.165) is 17.1 Å². The molecule has 1 aliphatic rings. The van der Waals surface area contributed by atoms with Gasteiger partial charge in [0.1, 0.15) is 22.8 Å². The zero-order valence-corrected chi connectivity index (χ0v) is 13.4. The topological polar surface area (TPSA) is 52.0 Å². The Bertz CT molecular complexity index is 1020. The number of fused-ring (bicyclic) bond motifs is 1. The van der Waals surface area contributed by atoms with E-state index in [1.165, 1.54) is 6.08 Å². The maximum Gasteiger partial charge on any atom is 0.430 e. The highest BCUT2D eigenvalue weighted by atomic mass is 19.4. The lowest BCUT2D eigenvalue weighted by molar-refractivity contribution is -0.0968. The number of rotatable bonds is 3. The first kappa shape index (κ1) is 16.2. The number of alkyl halides is 3. The minimum absolute atomic E-state index is 0.0773. The Labute approximate surface area is 146 Å². The first-order chi connectivity index (χ1) is 12.5. The van der Waals surface area contributed by atoms with Crippen LogP contribution in [0.15, 0.2) is 72.5 Å². The van der Waals surface area contributed by atoms with Gasteiger partial charge in [0.15, 0.2) is 0 Å². The van der Waals surface area contributed by atoms with E-state index < -0.39 is 11.9 Å². The normalized spacial score (nSPS) is 14.6. The van der Waals surface area contributed by atoms with Crippen LogP contribution in [0.4, 0.5) is 13.2 Å². The third-order valence-corrected chi connectivity index (χ3v) is 3.88. The molecular formula is C18H13F3N4O. The maximum atomic E-state index is 12.7. The molecule has 0 fully saturated rings. The third kappa shape index (κ3) is 3.01. The SMILES string of the molecule is FC(F)(F)C1=CC=C(Oc2ncccc2-n2ccc3cccnc32)CN1. The van der Waals surface area contributed by atoms with Crippen molar-refractivity contribution in [1.82, 2.24) is 19.9 Å². The lowest BCUT2D eigenvalue weighted by atomic mass is 10.2.